The first kappa shape index (κ1) is 18.8. The van der Waals surface area contributed by atoms with Crippen LogP contribution >= 0.6 is 11.6 Å². The number of hydrogen-bond acceptors (Lipinski definition) is 3. The highest BCUT2D eigenvalue weighted by molar-refractivity contribution is 6.31. The van der Waals surface area contributed by atoms with Crippen molar-refractivity contribution in [2.24, 2.45) is 0 Å². The molecule has 0 saturated heterocycles. The molecular weight excluding hydrogens is 359 g/mol. The summed E-state index contributed by atoms with van der Waals surface area (Å²) in [6.45, 7) is 0.959. The first-order valence-electron chi connectivity index (χ1n) is 7.08. The molecule has 0 spiro atoms. The predicted molar refractivity (Wildman–Crippen MR) is 86.5 cm³/mol. The molecule has 2 rings (SSSR count). The molecule has 0 atom stereocenters. The number of carbonyl (C=O) groups excluding carboxylic acids is 2. The molecule has 1 N–H and O–H groups in total. The van der Waals surface area contributed by atoms with Crippen molar-refractivity contribution in [3.8, 4) is 0 Å². The number of anilines is 1. The van der Waals surface area contributed by atoms with Crippen molar-refractivity contribution in [3.63, 3.8) is 0 Å². The van der Waals surface area contributed by atoms with Gasteiger partial charge in [-0.1, -0.05) is 29.8 Å². The highest BCUT2D eigenvalue weighted by atomic mass is 35.5. The predicted octanol–water partition coefficient (Wildman–Crippen LogP) is 4.46. The Labute approximate surface area is 146 Å². The van der Waals surface area contributed by atoms with E-state index in [-0.39, 0.29) is 0 Å². The zero-order valence-corrected chi connectivity index (χ0v) is 13.7. The lowest BCUT2D eigenvalue weighted by molar-refractivity contribution is -0.138. The number of benzene rings is 2. The maximum absolute atomic E-state index is 12.9. The van der Waals surface area contributed by atoms with Gasteiger partial charge in [-0.2, -0.15) is 13.2 Å². The first-order valence-corrected chi connectivity index (χ1v) is 7.46. The molecule has 0 radical (unpaired) electrons. The molecule has 1 amide bonds. The quantitative estimate of drug-likeness (QED) is 0.807. The Morgan fingerprint density at radius 1 is 1.12 bits per heavy atom. The molecule has 0 aliphatic rings. The number of ether oxygens (including phenoxy) is 1. The van der Waals surface area contributed by atoms with Gasteiger partial charge in [-0.25, -0.2) is 4.79 Å². The van der Waals surface area contributed by atoms with E-state index in [0.717, 1.165) is 18.2 Å². The minimum atomic E-state index is -4.70. The number of esters is 1. The van der Waals surface area contributed by atoms with E-state index >= 15 is 0 Å². The van der Waals surface area contributed by atoms with Gasteiger partial charge in [0.25, 0.3) is 5.91 Å². The fourth-order valence-corrected chi connectivity index (χ4v) is 2.22. The van der Waals surface area contributed by atoms with Gasteiger partial charge in [0, 0.05) is 10.7 Å². The van der Waals surface area contributed by atoms with E-state index in [9.17, 15) is 22.8 Å². The molecule has 0 unspecified atom stereocenters. The molecule has 0 aliphatic heterocycles. The molecular formula is C17H13ClF3NO3. The first-order chi connectivity index (χ1) is 11.7. The van der Waals surface area contributed by atoms with Gasteiger partial charge >= 0.3 is 12.1 Å². The molecule has 2 aromatic carbocycles. The Morgan fingerprint density at radius 2 is 1.80 bits per heavy atom. The summed E-state index contributed by atoms with van der Waals surface area (Å²) in [5.41, 5.74) is -0.733. The Morgan fingerprint density at radius 3 is 2.48 bits per heavy atom. The zero-order chi connectivity index (χ0) is 18.6. The molecule has 25 heavy (non-hydrogen) atoms. The summed E-state index contributed by atoms with van der Waals surface area (Å²) in [7, 11) is 0. The largest absolute Gasteiger partial charge is 0.452 e. The molecule has 0 saturated carbocycles. The SMILES string of the molecule is Cc1c(Cl)cccc1NC(=O)COC(=O)c1ccccc1C(F)(F)F. The summed E-state index contributed by atoms with van der Waals surface area (Å²) in [6, 6.07) is 9.06. The van der Waals surface area contributed by atoms with E-state index in [0.29, 0.717) is 16.3 Å². The van der Waals surface area contributed by atoms with Gasteiger partial charge < -0.3 is 10.1 Å². The maximum Gasteiger partial charge on any atom is 0.417 e. The van der Waals surface area contributed by atoms with Crippen LogP contribution in [0.4, 0.5) is 18.9 Å². The Hall–Kier alpha value is -2.54. The van der Waals surface area contributed by atoms with E-state index in [2.05, 4.69) is 10.1 Å². The van der Waals surface area contributed by atoms with Gasteiger partial charge in [0.1, 0.15) is 0 Å². The van der Waals surface area contributed by atoms with Crippen LogP contribution in [0.1, 0.15) is 21.5 Å². The monoisotopic (exact) mass is 371 g/mol. The summed E-state index contributed by atoms with van der Waals surface area (Å²) >= 11 is 5.92. The topological polar surface area (TPSA) is 55.4 Å². The molecule has 4 nitrogen and oxygen atoms in total. The molecule has 0 aromatic heterocycles. The molecule has 132 valence electrons. The minimum absolute atomic E-state index is 0.421. The van der Waals surface area contributed by atoms with E-state index < -0.39 is 35.8 Å². The summed E-state index contributed by atoms with van der Waals surface area (Å²) in [6.07, 6.45) is -4.70. The fraction of sp³-hybridized carbons (Fsp3) is 0.176. The average molecular weight is 372 g/mol. The maximum atomic E-state index is 12.9. The normalized spacial score (nSPS) is 11.1. The van der Waals surface area contributed by atoms with Crippen LogP contribution in [0.5, 0.6) is 0 Å². The summed E-state index contributed by atoms with van der Waals surface area (Å²) in [5, 5.41) is 2.92. The second-order valence-corrected chi connectivity index (χ2v) is 5.49. The van der Waals surface area contributed by atoms with Crippen LogP contribution in [0.3, 0.4) is 0 Å². The van der Waals surface area contributed by atoms with Gasteiger partial charge in [0.05, 0.1) is 11.1 Å². The number of nitrogens with one attached hydrogen (secondary N) is 1. The van der Waals surface area contributed by atoms with E-state index in [1.807, 2.05) is 0 Å². The van der Waals surface area contributed by atoms with E-state index in [1.54, 1.807) is 25.1 Å². The molecule has 8 heteroatoms. The molecule has 0 bridgehead atoms. The van der Waals surface area contributed by atoms with Crippen molar-refractivity contribution in [3.05, 3.63) is 64.2 Å². The smallest absolute Gasteiger partial charge is 0.417 e. The van der Waals surface area contributed by atoms with Gasteiger partial charge in [0.15, 0.2) is 6.61 Å². The lowest BCUT2D eigenvalue weighted by Gasteiger charge is -2.12. The lowest BCUT2D eigenvalue weighted by atomic mass is 10.1. The Balaban J connectivity index is 2.03. The van der Waals surface area contributed by atoms with Gasteiger partial charge in [-0.3, -0.25) is 4.79 Å². The van der Waals surface area contributed by atoms with Crippen LogP contribution in [0, 0.1) is 6.92 Å². The highest BCUT2D eigenvalue weighted by Gasteiger charge is 2.35. The number of carbonyl (C=O) groups is 2. The van der Waals surface area contributed by atoms with Crippen LogP contribution in [-0.4, -0.2) is 18.5 Å². The fourth-order valence-electron chi connectivity index (χ4n) is 2.05. The Kier molecular flexibility index (Phi) is 5.69. The summed E-state index contributed by atoms with van der Waals surface area (Å²) < 4.78 is 43.3. The van der Waals surface area contributed by atoms with Crippen LogP contribution in [0.25, 0.3) is 0 Å². The summed E-state index contributed by atoms with van der Waals surface area (Å²) in [5.74, 6) is -1.92. The van der Waals surface area contributed by atoms with Crippen molar-refractivity contribution in [1.29, 1.82) is 0 Å². The number of halogens is 4. The van der Waals surface area contributed by atoms with Crippen LogP contribution < -0.4 is 5.32 Å². The second-order valence-electron chi connectivity index (χ2n) is 5.08. The van der Waals surface area contributed by atoms with Crippen molar-refractivity contribution in [2.75, 3.05) is 11.9 Å². The van der Waals surface area contributed by atoms with Gasteiger partial charge in [-0.15, -0.1) is 0 Å². The van der Waals surface area contributed by atoms with E-state index in [4.69, 9.17) is 11.6 Å². The van der Waals surface area contributed by atoms with Crippen LogP contribution in [0.15, 0.2) is 42.5 Å². The van der Waals surface area contributed by atoms with Crippen LogP contribution in [-0.2, 0) is 15.7 Å². The average Bonchev–Trinajstić information content (AvgIpc) is 2.56. The lowest BCUT2D eigenvalue weighted by Crippen LogP contribution is -2.22. The third-order valence-electron chi connectivity index (χ3n) is 3.33. The number of alkyl halides is 3. The molecule has 0 heterocycles. The standard InChI is InChI=1S/C17H13ClF3NO3/c1-10-13(18)7-4-8-14(10)22-15(23)9-25-16(24)11-5-2-3-6-12(11)17(19,20)21/h2-8H,9H2,1H3,(H,22,23). The molecule has 0 fully saturated rings. The van der Waals surface area contributed by atoms with E-state index in [1.165, 1.54) is 6.07 Å². The number of hydrogen-bond donors (Lipinski definition) is 1. The minimum Gasteiger partial charge on any atom is -0.452 e. The Bertz CT molecular complexity index is 806. The molecule has 2 aromatic rings. The summed E-state index contributed by atoms with van der Waals surface area (Å²) in [4.78, 5) is 23.7. The number of amides is 1. The third-order valence-corrected chi connectivity index (χ3v) is 3.74. The van der Waals surface area contributed by atoms with Gasteiger partial charge in [0.2, 0.25) is 0 Å². The van der Waals surface area contributed by atoms with Crippen molar-refractivity contribution < 1.29 is 27.5 Å². The van der Waals surface area contributed by atoms with Crippen molar-refractivity contribution >= 4 is 29.2 Å². The van der Waals surface area contributed by atoms with Crippen molar-refractivity contribution in [2.45, 2.75) is 13.1 Å². The van der Waals surface area contributed by atoms with Crippen LogP contribution in [0.2, 0.25) is 5.02 Å². The second kappa shape index (κ2) is 7.57. The molecule has 0 aliphatic carbocycles. The number of rotatable bonds is 4. The third kappa shape index (κ3) is 4.73. The zero-order valence-electron chi connectivity index (χ0n) is 13.0. The van der Waals surface area contributed by atoms with Gasteiger partial charge in [-0.05, 0) is 36.8 Å². The van der Waals surface area contributed by atoms with Crippen molar-refractivity contribution in [1.82, 2.24) is 0 Å². The highest BCUT2D eigenvalue weighted by Crippen LogP contribution is 2.32.